The molecule has 114 valence electrons. The van der Waals surface area contributed by atoms with Crippen LogP contribution in [-0.2, 0) is 0 Å². The number of nitrogens with one attached hydrogen (secondary N) is 1. The molecule has 0 radical (unpaired) electrons. The zero-order chi connectivity index (χ0) is 16.0. The quantitative estimate of drug-likeness (QED) is 0.737. The fourth-order valence-electron chi connectivity index (χ4n) is 3.17. The van der Waals surface area contributed by atoms with E-state index in [9.17, 15) is 0 Å². The summed E-state index contributed by atoms with van der Waals surface area (Å²) in [5.74, 6) is 0.696. The second-order valence-corrected chi connectivity index (χ2v) is 5.90. The number of fused-ring (bicyclic) bond motifs is 2. The zero-order valence-electron chi connectivity index (χ0n) is 12.7. The van der Waals surface area contributed by atoms with E-state index in [-0.39, 0.29) is 17.9 Å². The maximum Gasteiger partial charge on any atom is 0.272 e. The zero-order valence-corrected chi connectivity index (χ0v) is 12.7. The molecule has 0 spiro atoms. The summed E-state index contributed by atoms with van der Waals surface area (Å²) in [6.07, 6.45) is 1.74. The highest BCUT2D eigenvalue weighted by molar-refractivity contribution is 5.98. The maximum absolute atomic E-state index is 7.72. The number of nitrogens with zero attached hydrogens (tertiary/aromatic N) is 5. The summed E-state index contributed by atoms with van der Waals surface area (Å²) in [6.45, 7) is 11.8. The van der Waals surface area contributed by atoms with Crippen LogP contribution >= 0.6 is 0 Å². The molecule has 2 aromatic heterocycles. The Morgan fingerprint density at radius 1 is 1.26 bits per heavy atom. The molecule has 0 saturated heterocycles. The molecule has 3 heterocycles. The molecule has 7 nitrogen and oxygen atoms in total. The van der Waals surface area contributed by atoms with Crippen molar-refractivity contribution >= 4 is 22.6 Å². The maximum atomic E-state index is 7.72. The van der Waals surface area contributed by atoms with E-state index in [1.54, 1.807) is 6.20 Å². The Morgan fingerprint density at radius 3 is 2.91 bits per heavy atom. The smallest absolute Gasteiger partial charge is 0.272 e. The van der Waals surface area contributed by atoms with E-state index >= 15 is 0 Å². The van der Waals surface area contributed by atoms with Crippen molar-refractivity contribution in [2.24, 2.45) is 10.9 Å². The highest BCUT2D eigenvalue weighted by atomic mass is 16.6. The van der Waals surface area contributed by atoms with Crippen molar-refractivity contribution in [3.63, 3.8) is 0 Å². The summed E-state index contributed by atoms with van der Waals surface area (Å²) in [5.41, 5.74) is 4.05. The Kier molecular flexibility index (Phi) is 2.98. The van der Waals surface area contributed by atoms with Gasteiger partial charge in [0.2, 0.25) is 0 Å². The lowest BCUT2D eigenvalue weighted by Crippen LogP contribution is -2.32. The van der Waals surface area contributed by atoms with Crippen LogP contribution in [0.5, 0.6) is 0 Å². The predicted octanol–water partition coefficient (Wildman–Crippen LogP) is 3.11. The first-order chi connectivity index (χ1) is 11.2. The lowest BCUT2D eigenvalue weighted by Gasteiger charge is -2.25. The summed E-state index contributed by atoms with van der Waals surface area (Å²) in [6, 6.07) is 5.33. The molecule has 2 atom stereocenters. The molecule has 0 saturated carbocycles. The van der Waals surface area contributed by atoms with Crippen LogP contribution in [-0.4, -0.2) is 32.3 Å². The van der Waals surface area contributed by atoms with Crippen LogP contribution in [0, 0.1) is 12.5 Å². The van der Waals surface area contributed by atoms with Crippen molar-refractivity contribution < 1.29 is 4.63 Å². The Labute approximate surface area is 132 Å². The molecule has 1 aliphatic rings. The molecule has 0 aliphatic carbocycles. The topological polar surface area (TPSA) is 84.3 Å². The van der Waals surface area contributed by atoms with Gasteiger partial charge >= 0.3 is 0 Å². The largest absolute Gasteiger partial charge is 0.306 e. The van der Waals surface area contributed by atoms with Gasteiger partial charge in [-0.05, 0) is 27.9 Å². The SMILES string of the molecule is [C-]#[N+]C1C(C(C)C)=Nc2[nH]ncc2C1c1cccc2nonc12. The standard InChI is InChI=1S/C16H14N6O/c1-8(2)13-15(17-3)12(10-7-18-20-16(10)19-13)9-5-4-6-11-14(9)22-23-21-11/h4-8,12,15H,1-2H3,(H,18,20). The Bertz CT molecular complexity index is 945. The molecule has 1 aliphatic heterocycles. The average Bonchev–Trinajstić information content (AvgIpc) is 3.20. The van der Waals surface area contributed by atoms with E-state index in [1.807, 2.05) is 32.0 Å². The first kappa shape index (κ1) is 13.6. The van der Waals surface area contributed by atoms with Crippen LogP contribution in [0.15, 0.2) is 34.0 Å². The number of rotatable bonds is 2. The van der Waals surface area contributed by atoms with E-state index in [0.717, 1.165) is 16.8 Å². The van der Waals surface area contributed by atoms with Crippen molar-refractivity contribution in [2.75, 3.05) is 0 Å². The van der Waals surface area contributed by atoms with Crippen LogP contribution in [0.1, 0.15) is 30.9 Å². The fraction of sp³-hybridized carbons (Fsp3) is 0.312. The first-order valence-electron chi connectivity index (χ1n) is 7.40. The number of aliphatic imine (C=N–C) groups is 1. The van der Waals surface area contributed by atoms with Crippen molar-refractivity contribution in [3.8, 4) is 0 Å². The summed E-state index contributed by atoms with van der Waals surface area (Å²) < 4.78 is 4.88. The number of aromatic nitrogens is 4. The lowest BCUT2D eigenvalue weighted by molar-refractivity contribution is 0.315. The third-order valence-electron chi connectivity index (χ3n) is 4.23. The molecule has 3 aromatic rings. The van der Waals surface area contributed by atoms with E-state index in [0.29, 0.717) is 16.9 Å². The molecular weight excluding hydrogens is 292 g/mol. The van der Waals surface area contributed by atoms with Gasteiger partial charge in [0.05, 0.1) is 12.1 Å². The molecule has 1 aromatic carbocycles. The van der Waals surface area contributed by atoms with Gasteiger partial charge in [-0.2, -0.15) is 5.10 Å². The Morgan fingerprint density at radius 2 is 2.13 bits per heavy atom. The number of hydrogen-bond acceptors (Lipinski definition) is 5. The normalized spacial score (nSPS) is 20.3. The minimum absolute atomic E-state index is 0.169. The molecule has 0 fully saturated rings. The third-order valence-corrected chi connectivity index (χ3v) is 4.23. The van der Waals surface area contributed by atoms with Crippen molar-refractivity contribution in [2.45, 2.75) is 25.8 Å². The summed E-state index contributed by atoms with van der Waals surface area (Å²) in [7, 11) is 0. The van der Waals surface area contributed by atoms with Gasteiger partial charge in [0.1, 0.15) is 16.7 Å². The van der Waals surface area contributed by atoms with Gasteiger partial charge in [0, 0.05) is 5.56 Å². The monoisotopic (exact) mass is 306 g/mol. The highest BCUT2D eigenvalue weighted by Crippen LogP contribution is 2.42. The molecule has 4 rings (SSSR count). The van der Waals surface area contributed by atoms with Crippen molar-refractivity contribution in [1.29, 1.82) is 0 Å². The molecule has 1 N–H and O–H groups in total. The van der Waals surface area contributed by atoms with E-state index < -0.39 is 0 Å². The average molecular weight is 306 g/mol. The summed E-state index contributed by atoms with van der Waals surface area (Å²) >= 11 is 0. The molecule has 23 heavy (non-hydrogen) atoms. The van der Waals surface area contributed by atoms with Gasteiger partial charge in [-0.15, -0.1) is 0 Å². The highest BCUT2D eigenvalue weighted by Gasteiger charge is 2.42. The number of hydrogen-bond donors (Lipinski definition) is 1. The summed E-state index contributed by atoms with van der Waals surface area (Å²) in [5, 5.41) is 15.0. The van der Waals surface area contributed by atoms with Gasteiger partial charge in [0.25, 0.3) is 6.04 Å². The molecule has 7 heteroatoms. The van der Waals surface area contributed by atoms with Crippen LogP contribution in [0.3, 0.4) is 0 Å². The number of benzene rings is 1. The minimum Gasteiger partial charge on any atom is -0.306 e. The van der Waals surface area contributed by atoms with Gasteiger partial charge < -0.3 is 4.85 Å². The molecular formula is C16H14N6O. The molecule has 2 unspecified atom stereocenters. The van der Waals surface area contributed by atoms with Crippen molar-refractivity contribution in [3.05, 3.63) is 46.9 Å². The van der Waals surface area contributed by atoms with Crippen molar-refractivity contribution in [1.82, 2.24) is 20.5 Å². The van der Waals surface area contributed by atoms with E-state index in [1.165, 1.54) is 0 Å². The van der Waals surface area contributed by atoms with Crippen LogP contribution in [0.2, 0.25) is 0 Å². The fourth-order valence-corrected chi connectivity index (χ4v) is 3.17. The summed E-state index contributed by atoms with van der Waals surface area (Å²) in [4.78, 5) is 8.50. The van der Waals surface area contributed by atoms with E-state index in [4.69, 9.17) is 11.2 Å². The van der Waals surface area contributed by atoms with Gasteiger partial charge in [-0.3, -0.25) is 5.10 Å². The number of H-pyrrole nitrogens is 1. The number of aromatic amines is 1. The minimum atomic E-state index is -0.387. The van der Waals surface area contributed by atoms with Gasteiger partial charge in [-0.25, -0.2) is 16.2 Å². The van der Waals surface area contributed by atoms with Gasteiger partial charge in [0.15, 0.2) is 5.82 Å². The lowest BCUT2D eigenvalue weighted by atomic mass is 9.79. The predicted molar refractivity (Wildman–Crippen MR) is 84.6 cm³/mol. The van der Waals surface area contributed by atoms with Crippen LogP contribution in [0.25, 0.3) is 15.9 Å². The van der Waals surface area contributed by atoms with Crippen LogP contribution < -0.4 is 0 Å². The Balaban J connectivity index is 1.98. The Hall–Kier alpha value is -3.01. The van der Waals surface area contributed by atoms with E-state index in [2.05, 4.69) is 30.3 Å². The second-order valence-electron chi connectivity index (χ2n) is 5.90. The first-order valence-corrected chi connectivity index (χ1v) is 7.40. The third kappa shape index (κ3) is 1.95. The molecule has 0 bridgehead atoms. The van der Waals surface area contributed by atoms with Gasteiger partial charge in [-0.1, -0.05) is 26.0 Å². The van der Waals surface area contributed by atoms with Crippen LogP contribution in [0.4, 0.5) is 5.82 Å². The second kappa shape index (κ2) is 5.02. The molecule has 0 amide bonds.